The van der Waals surface area contributed by atoms with Crippen molar-refractivity contribution in [3.05, 3.63) is 45.9 Å². The molecule has 2 aromatic rings. The molecule has 0 atom stereocenters. The number of ether oxygens (including phenoxy) is 1. The minimum atomic E-state index is -4.31. The van der Waals surface area contributed by atoms with Crippen molar-refractivity contribution in [2.45, 2.75) is 31.9 Å². The quantitative estimate of drug-likeness (QED) is 0.715. The number of aromatic nitrogens is 1. The van der Waals surface area contributed by atoms with Gasteiger partial charge in [0, 0.05) is 30.1 Å². The van der Waals surface area contributed by atoms with Crippen molar-refractivity contribution in [2.75, 3.05) is 24.6 Å². The fourth-order valence-corrected chi connectivity index (χ4v) is 3.98. The van der Waals surface area contributed by atoms with E-state index in [1.165, 1.54) is 23.5 Å². The third-order valence-corrected chi connectivity index (χ3v) is 5.42. The van der Waals surface area contributed by atoms with Gasteiger partial charge < -0.3 is 9.64 Å². The summed E-state index contributed by atoms with van der Waals surface area (Å²) < 4.78 is 42.9. The van der Waals surface area contributed by atoms with Gasteiger partial charge in [-0.2, -0.15) is 13.2 Å². The second kappa shape index (κ2) is 7.65. The van der Waals surface area contributed by atoms with Gasteiger partial charge in [0.1, 0.15) is 0 Å². The van der Waals surface area contributed by atoms with Crippen molar-refractivity contribution in [3.8, 4) is 0 Å². The molecular formula is C18H19F3N2O2S. The maximum Gasteiger partial charge on any atom is 0.416 e. The Labute approximate surface area is 153 Å². The number of rotatable bonds is 4. The first kappa shape index (κ1) is 18.7. The van der Waals surface area contributed by atoms with E-state index in [1.54, 1.807) is 12.3 Å². The molecule has 0 saturated carbocycles. The molecule has 1 fully saturated rings. The van der Waals surface area contributed by atoms with E-state index in [4.69, 9.17) is 4.74 Å². The number of benzene rings is 1. The lowest BCUT2D eigenvalue weighted by molar-refractivity contribution is -0.137. The second-order valence-electron chi connectivity index (χ2n) is 6.10. The summed E-state index contributed by atoms with van der Waals surface area (Å²) in [5.74, 6) is -0.147. The average molecular weight is 384 g/mol. The van der Waals surface area contributed by atoms with Gasteiger partial charge in [-0.05, 0) is 44.0 Å². The van der Waals surface area contributed by atoms with Gasteiger partial charge in [-0.25, -0.2) is 9.78 Å². The molecular weight excluding hydrogens is 365 g/mol. The first-order valence-electron chi connectivity index (χ1n) is 8.43. The van der Waals surface area contributed by atoms with Gasteiger partial charge in [0.15, 0.2) is 5.69 Å². The van der Waals surface area contributed by atoms with Gasteiger partial charge in [0.25, 0.3) is 0 Å². The molecule has 0 aliphatic carbocycles. The minimum absolute atomic E-state index is 0.258. The standard InChI is InChI=1S/C18H19F3N2O2S/c1-2-25-17(24)15-11-26-16(22-15)12-7-9-23(10-8-12)14-5-3-13(4-6-14)18(19,20)21/h3-6,11-12H,2,7-10H2,1H3. The largest absolute Gasteiger partial charge is 0.461 e. The van der Waals surface area contributed by atoms with E-state index in [0.717, 1.165) is 48.8 Å². The zero-order valence-corrected chi connectivity index (χ0v) is 15.1. The number of thiazole rings is 1. The summed E-state index contributed by atoms with van der Waals surface area (Å²) in [4.78, 5) is 18.2. The van der Waals surface area contributed by atoms with E-state index in [-0.39, 0.29) is 5.92 Å². The molecule has 0 radical (unpaired) electrons. The van der Waals surface area contributed by atoms with Gasteiger partial charge in [0.2, 0.25) is 0 Å². The molecule has 1 aromatic heterocycles. The topological polar surface area (TPSA) is 42.4 Å². The van der Waals surface area contributed by atoms with Crippen molar-refractivity contribution < 1.29 is 22.7 Å². The fraction of sp³-hybridized carbons (Fsp3) is 0.444. The van der Waals surface area contributed by atoms with E-state index >= 15 is 0 Å². The van der Waals surface area contributed by atoms with E-state index in [2.05, 4.69) is 9.88 Å². The third kappa shape index (κ3) is 4.17. The summed E-state index contributed by atoms with van der Waals surface area (Å²) >= 11 is 1.46. The SMILES string of the molecule is CCOC(=O)c1csc(C2CCN(c3ccc(C(F)(F)F)cc3)CC2)n1. The van der Waals surface area contributed by atoms with E-state index in [9.17, 15) is 18.0 Å². The first-order chi connectivity index (χ1) is 12.4. The molecule has 1 aromatic carbocycles. The van der Waals surface area contributed by atoms with E-state index in [0.29, 0.717) is 12.3 Å². The minimum Gasteiger partial charge on any atom is -0.461 e. The number of hydrogen-bond donors (Lipinski definition) is 0. The van der Waals surface area contributed by atoms with Gasteiger partial charge in [-0.1, -0.05) is 0 Å². The molecule has 26 heavy (non-hydrogen) atoms. The van der Waals surface area contributed by atoms with Crippen LogP contribution in [0.2, 0.25) is 0 Å². The van der Waals surface area contributed by atoms with Crippen LogP contribution in [0.4, 0.5) is 18.9 Å². The van der Waals surface area contributed by atoms with Gasteiger partial charge in [0.05, 0.1) is 17.2 Å². The normalized spacial score (nSPS) is 15.9. The number of piperidine rings is 1. The highest BCUT2D eigenvalue weighted by molar-refractivity contribution is 7.09. The highest BCUT2D eigenvalue weighted by Crippen LogP contribution is 2.34. The number of halogens is 3. The van der Waals surface area contributed by atoms with Crippen LogP contribution in [0.25, 0.3) is 0 Å². The highest BCUT2D eigenvalue weighted by Gasteiger charge is 2.30. The Bertz CT molecular complexity index is 751. The van der Waals surface area contributed by atoms with E-state index in [1.807, 2.05) is 0 Å². The van der Waals surface area contributed by atoms with Gasteiger partial charge >= 0.3 is 12.1 Å². The van der Waals surface area contributed by atoms with Crippen LogP contribution in [0.15, 0.2) is 29.6 Å². The predicted molar refractivity (Wildman–Crippen MR) is 93.7 cm³/mol. The summed E-state index contributed by atoms with van der Waals surface area (Å²) in [6.45, 7) is 3.55. The van der Waals surface area contributed by atoms with Crippen molar-refractivity contribution >= 4 is 23.0 Å². The van der Waals surface area contributed by atoms with Crippen molar-refractivity contribution in [1.82, 2.24) is 4.98 Å². The number of alkyl halides is 3. The van der Waals surface area contributed by atoms with Gasteiger partial charge in [-0.3, -0.25) is 0 Å². The Hall–Kier alpha value is -2.09. The van der Waals surface area contributed by atoms with Crippen molar-refractivity contribution in [3.63, 3.8) is 0 Å². The van der Waals surface area contributed by atoms with Crippen molar-refractivity contribution in [2.24, 2.45) is 0 Å². The maximum atomic E-state index is 12.7. The Kier molecular flexibility index (Phi) is 5.50. The molecule has 1 aliphatic rings. The number of carbonyl (C=O) groups excluding carboxylic acids is 1. The summed E-state index contributed by atoms with van der Waals surface area (Å²) in [7, 11) is 0. The first-order valence-corrected chi connectivity index (χ1v) is 9.31. The zero-order valence-electron chi connectivity index (χ0n) is 14.3. The molecule has 8 heteroatoms. The molecule has 0 N–H and O–H groups in total. The summed E-state index contributed by atoms with van der Waals surface area (Å²) in [6.07, 6.45) is -2.62. The smallest absolute Gasteiger partial charge is 0.416 e. The fourth-order valence-electron chi connectivity index (χ4n) is 3.02. The van der Waals surface area contributed by atoms with Crippen LogP contribution in [-0.2, 0) is 10.9 Å². The molecule has 0 spiro atoms. The van der Waals surface area contributed by atoms with Crippen LogP contribution in [0.1, 0.15) is 46.7 Å². The molecule has 0 unspecified atom stereocenters. The lowest BCUT2D eigenvalue weighted by Gasteiger charge is -2.33. The lowest BCUT2D eigenvalue weighted by Crippen LogP contribution is -2.32. The molecule has 1 aliphatic heterocycles. The van der Waals surface area contributed by atoms with Crippen LogP contribution in [-0.4, -0.2) is 30.6 Å². The Morgan fingerprint density at radius 3 is 2.50 bits per heavy atom. The predicted octanol–water partition coefficient (Wildman–Crippen LogP) is 4.72. The number of anilines is 1. The molecule has 4 nitrogen and oxygen atoms in total. The van der Waals surface area contributed by atoms with E-state index < -0.39 is 17.7 Å². The number of carbonyl (C=O) groups is 1. The zero-order chi connectivity index (χ0) is 18.7. The van der Waals surface area contributed by atoms with Crippen LogP contribution in [0, 0.1) is 0 Å². The summed E-state index contributed by atoms with van der Waals surface area (Å²) in [5, 5.41) is 2.63. The number of esters is 1. The molecule has 1 saturated heterocycles. The Morgan fingerprint density at radius 2 is 1.92 bits per heavy atom. The molecule has 2 heterocycles. The van der Waals surface area contributed by atoms with Crippen LogP contribution in [0.3, 0.4) is 0 Å². The Balaban J connectivity index is 1.60. The highest BCUT2D eigenvalue weighted by atomic mass is 32.1. The third-order valence-electron chi connectivity index (χ3n) is 4.41. The molecule has 140 valence electrons. The van der Waals surface area contributed by atoms with Crippen LogP contribution in [0.5, 0.6) is 0 Å². The molecule has 3 rings (SSSR count). The Morgan fingerprint density at radius 1 is 1.27 bits per heavy atom. The maximum absolute atomic E-state index is 12.7. The monoisotopic (exact) mass is 384 g/mol. The average Bonchev–Trinajstić information content (AvgIpc) is 3.12. The molecule has 0 bridgehead atoms. The number of hydrogen-bond acceptors (Lipinski definition) is 5. The molecule has 0 amide bonds. The number of nitrogens with zero attached hydrogens (tertiary/aromatic N) is 2. The summed E-state index contributed by atoms with van der Waals surface area (Å²) in [5.41, 5.74) is 0.505. The lowest BCUT2D eigenvalue weighted by atomic mass is 9.97. The van der Waals surface area contributed by atoms with Gasteiger partial charge in [-0.15, -0.1) is 11.3 Å². The second-order valence-corrected chi connectivity index (χ2v) is 6.99. The summed E-state index contributed by atoms with van der Waals surface area (Å²) in [6, 6.07) is 5.28. The van der Waals surface area contributed by atoms with Crippen LogP contribution >= 0.6 is 11.3 Å². The van der Waals surface area contributed by atoms with Crippen molar-refractivity contribution in [1.29, 1.82) is 0 Å². The van der Waals surface area contributed by atoms with Crippen LogP contribution < -0.4 is 4.90 Å².